The molecular formula is C16H20ClN3. The van der Waals surface area contributed by atoms with Crippen LogP contribution in [0.1, 0.15) is 36.7 Å². The maximum Gasteiger partial charge on any atom is 0.0637 e. The van der Waals surface area contributed by atoms with Crippen molar-refractivity contribution in [3.05, 3.63) is 58.6 Å². The van der Waals surface area contributed by atoms with E-state index in [2.05, 4.69) is 41.3 Å². The molecule has 106 valence electrons. The highest BCUT2D eigenvalue weighted by Gasteiger charge is 2.15. The molecule has 2 aromatic heterocycles. The van der Waals surface area contributed by atoms with E-state index in [1.54, 1.807) is 12.4 Å². The van der Waals surface area contributed by atoms with Crippen LogP contribution in [0.4, 0.5) is 0 Å². The van der Waals surface area contributed by atoms with Gasteiger partial charge in [-0.3, -0.25) is 9.97 Å². The molecule has 0 amide bonds. The fraction of sp³-hybridized carbons (Fsp3) is 0.375. The predicted octanol–water partition coefficient (Wildman–Crippen LogP) is 3.59. The Morgan fingerprint density at radius 1 is 1.20 bits per heavy atom. The van der Waals surface area contributed by atoms with Crippen LogP contribution in [0, 0.1) is 0 Å². The van der Waals surface area contributed by atoms with E-state index in [-0.39, 0.29) is 6.04 Å². The van der Waals surface area contributed by atoms with Crippen molar-refractivity contribution in [1.29, 1.82) is 0 Å². The monoisotopic (exact) mass is 289 g/mol. The molecule has 0 aliphatic rings. The van der Waals surface area contributed by atoms with Crippen LogP contribution in [-0.2, 0) is 12.8 Å². The third-order valence-electron chi connectivity index (χ3n) is 3.34. The minimum Gasteiger partial charge on any atom is -0.310 e. The normalized spacial score (nSPS) is 12.3. The average molecular weight is 290 g/mol. The Labute approximate surface area is 125 Å². The number of hydrogen-bond acceptors (Lipinski definition) is 3. The zero-order chi connectivity index (χ0) is 14.4. The van der Waals surface area contributed by atoms with Gasteiger partial charge in [-0.25, -0.2) is 0 Å². The van der Waals surface area contributed by atoms with Gasteiger partial charge < -0.3 is 5.32 Å². The Bertz CT molecular complexity index is 540. The van der Waals surface area contributed by atoms with E-state index in [9.17, 15) is 0 Å². The summed E-state index contributed by atoms with van der Waals surface area (Å²) in [4.78, 5) is 8.57. The Kier molecular flexibility index (Phi) is 5.50. The molecule has 0 aromatic carbocycles. The molecule has 2 heterocycles. The molecule has 1 atom stereocenters. The second-order valence-electron chi connectivity index (χ2n) is 4.72. The van der Waals surface area contributed by atoms with Crippen LogP contribution < -0.4 is 5.32 Å². The first-order valence-corrected chi connectivity index (χ1v) is 7.39. The standard InChI is InChI=1S/C16H20ClN3/c1-3-12-5-6-13(20-10-12)9-16(19-4-2)14-7-8-18-11-15(14)17/h5-8,10-11,16,19H,3-4,9H2,1-2H3. The number of nitrogens with one attached hydrogen (secondary N) is 1. The van der Waals surface area contributed by atoms with Crippen LogP contribution >= 0.6 is 11.6 Å². The molecule has 0 bridgehead atoms. The molecule has 0 aliphatic heterocycles. The van der Waals surface area contributed by atoms with Gasteiger partial charge in [0.25, 0.3) is 0 Å². The largest absolute Gasteiger partial charge is 0.310 e. The number of rotatable bonds is 6. The van der Waals surface area contributed by atoms with Crippen molar-refractivity contribution in [2.24, 2.45) is 0 Å². The van der Waals surface area contributed by atoms with Crippen LogP contribution in [0.25, 0.3) is 0 Å². The molecule has 4 heteroatoms. The lowest BCUT2D eigenvalue weighted by molar-refractivity contribution is 0.543. The van der Waals surface area contributed by atoms with Crippen LogP contribution in [0.15, 0.2) is 36.8 Å². The summed E-state index contributed by atoms with van der Waals surface area (Å²) in [5.74, 6) is 0. The van der Waals surface area contributed by atoms with Crippen LogP contribution in [-0.4, -0.2) is 16.5 Å². The summed E-state index contributed by atoms with van der Waals surface area (Å²) in [6.45, 7) is 5.11. The van der Waals surface area contributed by atoms with Gasteiger partial charge >= 0.3 is 0 Å². The van der Waals surface area contributed by atoms with Gasteiger partial charge in [-0.15, -0.1) is 0 Å². The van der Waals surface area contributed by atoms with E-state index in [0.29, 0.717) is 5.02 Å². The molecule has 0 fully saturated rings. The predicted molar refractivity (Wildman–Crippen MR) is 83.0 cm³/mol. The second kappa shape index (κ2) is 7.36. The number of aryl methyl sites for hydroxylation is 1. The number of pyridine rings is 2. The summed E-state index contributed by atoms with van der Waals surface area (Å²) in [6.07, 6.45) is 7.25. The lowest BCUT2D eigenvalue weighted by atomic mass is 10.0. The number of hydrogen-bond donors (Lipinski definition) is 1. The van der Waals surface area contributed by atoms with Crippen molar-refractivity contribution < 1.29 is 0 Å². The molecule has 2 aromatic rings. The highest BCUT2D eigenvalue weighted by atomic mass is 35.5. The van der Waals surface area contributed by atoms with Crippen LogP contribution in [0.2, 0.25) is 5.02 Å². The highest BCUT2D eigenvalue weighted by molar-refractivity contribution is 6.31. The van der Waals surface area contributed by atoms with Gasteiger partial charge in [0, 0.05) is 36.7 Å². The van der Waals surface area contributed by atoms with Crippen molar-refractivity contribution in [1.82, 2.24) is 15.3 Å². The summed E-state index contributed by atoms with van der Waals surface area (Å²) in [5, 5.41) is 4.16. The summed E-state index contributed by atoms with van der Waals surface area (Å²) in [6, 6.07) is 6.36. The Balaban J connectivity index is 2.18. The third kappa shape index (κ3) is 3.78. The quantitative estimate of drug-likeness (QED) is 0.883. The molecule has 0 radical (unpaired) electrons. The van der Waals surface area contributed by atoms with Crippen LogP contribution in [0.5, 0.6) is 0 Å². The van der Waals surface area contributed by atoms with Crippen molar-refractivity contribution >= 4 is 11.6 Å². The summed E-state index contributed by atoms with van der Waals surface area (Å²) < 4.78 is 0. The van der Waals surface area contributed by atoms with E-state index in [1.807, 2.05) is 12.3 Å². The van der Waals surface area contributed by atoms with E-state index in [1.165, 1.54) is 5.56 Å². The molecule has 3 nitrogen and oxygen atoms in total. The zero-order valence-corrected chi connectivity index (χ0v) is 12.7. The molecule has 1 unspecified atom stereocenters. The van der Waals surface area contributed by atoms with Gasteiger partial charge in [0.2, 0.25) is 0 Å². The van der Waals surface area contributed by atoms with Crippen LogP contribution in [0.3, 0.4) is 0 Å². The molecule has 0 saturated carbocycles. The summed E-state index contributed by atoms with van der Waals surface area (Å²) in [5.41, 5.74) is 3.40. The van der Waals surface area contributed by atoms with E-state index in [4.69, 9.17) is 11.6 Å². The first-order valence-electron chi connectivity index (χ1n) is 7.01. The van der Waals surface area contributed by atoms with Gasteiger partial charge in [0.05, 0.1) is 5.02 Å². The Morgan fingerprint density at radius 2 is 2.05 bits per heavy atom. The molecule has 0 aliphatic carbocycles. The van der Waals surface area contributed by atoms with Crippen molar-refractivity contribution in [3.8, 4) is 0 Å². The van der Waals surface area contributed by atoms with Gasteiger partial charge in [-0.2, -0.15) is 0 Å². The number of likely N-dealkylation sites (N-methyl/N-ethyl adjacent to an activating group) is 1. The number of halogens is 1. The Hall–Kier alpha value is -1.45. The maximum atomic E-state index is 6.25. The average Bonchev–Trinajstić information content (AvgIpc) is 2.48. The smallest absolute Gasteiger partial charge is 0.0637 e. The maximum absolute atomic E-state index is 6.25. The second-order valence-corrected chi connectivity index (χ2v) is 5.13. The fourth-order valence-electron chi connectivity index (χ4n) is 2.20. The lowest BCUT2D eigenvalue weighted by Crippen LogP contribution is -2.23. The molecule has 0 spiro atoms. The molecule has 1 N–H and O–H groups in total. The topological polar surface area (TPSA) is 37.8 Å². The third-order valence-corrected chi connectivity index (χ3v) is 3.65. The number of nitrogens with zero attached hydrogens (tertiary/aromatic N) is 2. The SMILES string of the molecule is CCNC(Cc1ccc(CC)cn1)c1ccncc1Cl. The van der Waals surface area contributed by atoms with E-state index < -0.39 is 0 Å². The molecule has 2 rings (SSSR count). The highest BCUT2D eigenvalue weighted by Crippen LogP contribution is 2.24. The molecular weight excluding hydrogens is 270 g/mol. The van der Waals surface area contributed by atoms with Crippen molar-refractivity contribution in [2.45, 2.75) is 32.7 Å². The van der Waals surface area contributed by atoms with Gasteiger partial charge in [0.1, 0.15) is 0 Å². The minimum atomic E-state index is 0.162. The molecule has 0 saturated heterocycles. The summed E-state index contributed by atoms with van der Waals surface area (Å²) in [7, 11) is 0. The van der Waals surface area contributed by atoms with Gasteiger partial charge in [-0.1, -0.05) is 31.5 Å². The minimum absolute atomic E-state index is 0.162. The van der Waals surface area contributed by atoms with Gasteiger partial charge in [-0.05, 0) is 36.2 Å². The van der Waals surface area contributed by atoms with Crippen molar-refractivity contribution in [3.63, 3.8) is 0 Å². The fourth-order valence-corrected chi connectivity index (χ4v) is 2.45. The molecule has 20 heavy (non-hydrogen) atoms. The zero-order valence-electron chi connectivity index (χ0n) is 11.9. The van der Waals surface area contributed by atoms with Gasteiger partial charge in [0.15, 0.2) is 0 Å². The first-order chi connectivity index (χ1) is 9.74. The lowest BCUT2D eigenvalue weighted by Gasteiger charge is -2.19. The number of aromatic nitrogens is 2. The van der Waals surface area contributed by atoms with E-state index >= 15 is 0 Å². The first kappa shape index (κ1) is 14.9. The van der Waals surface area contributed by atoms with Crippen molar-refractivity contribution in [2.75, 3.05) is 6.54 Å². The van der Waals surface area contributed by atoms with E-state index in [0.717, 1.165) is 30.6 Å². The Morgan fingerprint density at radius 3 is 2.65 bits per heavy atom. The summed E-state index contributed by atoms with van der Waals surface area (Å²) >= 11 is 6.25.